The predicted octanol–water partition coefficient (Wildman–Crippen LogP) is 3.53. The van der Waals surface area contributed by atoms with Gasteiger partial charge in [0.05, 0.1) is 13.5 Å². The summed E-state index contributed by atoms with van der Waals surface area (Å²) in [6, 6.07) is 9.97. The van der Waals surface area contributed by atoms with Gasteiger partial charge in [0.2, 0.25) is 0 Å². The van der Waals surface area contributed by atoms with Gasteiger partial charge in [0, 0.05) is 6.07 Å². The van der Waals surface area contributed by atoms with Crippen molar-refractivity contribution < 1.29 is 27.8 Å². The number of hydrogen-bond donors (Lipinski definition) is 0. The van der Waals surface area contributed by atoms with Crippen LogP contribution >= 0.6 is 0 Å². The molecule has 0 saturated heterocycles. The number of benzene rings is 2. The molecule has 0 amide bonds. The summed E-state index contributed by atoms with van der Waals surface area (Å²) < 4.78 is 42.0. The van der Waals surface area contributed by atoms with Gasteiger partial charge in [0.15, 0.2) is 11.6 Å². The van der Waals surface area contributed by atoms with Crippen LogP contribution in [0, 0.1) is 11.6 Å². The molecule has 0 aliphatic rings. The van der Waals surface area contributed by atoms with Gasteiger partial charge in [-0.25, -0.2) is 8.78 Å². The van der Waals surface area contributed by atoms with Gasteiger partial charge in [-0.15, -0.1) is 0 Å². The molecule has 6 heteroatoms. The number of carbonyl (C=O) groups is 1. The number of hydrogen-bond acceptors (Lipinski definition) is 4. The van der Waals surface area contributed by atoms with Gasteiger partial charge in [-0.2, -0.15) is 0 Å². The van der Waals surface area contributed by atoms with Crippen molar-refractivity contribution in [1.29, 1.82) is 0 Å². The molecule has 0 fully saturated rings. The van der Waals surface area contributed by atoms with E-state index in [0.29, 0.717) is 11.3 Å². The summed E-state index contributed by atoms with van der Waals surface area (Å²) >= 11 is 0. The van der Waals surface area contributed by atoms with Crippen molar-refractivity contribution in [2.45, 2.75) is 19.4 Å². The molecule has 0 aliphatic heterocycles. The smallest absolute Gasteiger partial charge is 0.310 e. The monoisotopic (exact) mass is 336 g/mol. The van der Waals surface area contributed by atoms with Gasteiger partial charge >= 0.3 is 5.97 Å². The Hall–Kier alpha value is -2.63. The zero-order valence-electron chi connectivity index (χ0n) is 13.4. The van der Waals surface area contributed by atoms with Crippen molar-refractivity contribution in [3.63, 3.8) is 0 Å². The van der Waals surface area contributed by atoms with E-state index in [1.165, 1.54) is 37.4 Å². The topological polar surface area (TPSA) is 44.8 Å². The standard InChI is InChI=1S/C18H18F2O4/c1-12(11-23-15-5-3-4-14(19)10-15)24-18(21)9-13-6-7-17(22-2)16(20)8-13/h3-8,10,12H,9,11H2,1-2H3. The molecule has 0 radical (unpaired) electrons. The molecule has 0 aromatic heterocycles. The fraction of sp³-hybridized carbons (Fsp3) is 0.278. The van der Waals surface area contributed by atoms with E-state index in [2.05, 4.69) is 0 Å². The lowest BCUT2D eigenvalue weighted by atomic mass is 10.1. The molecule has 2 aromatic carbocycles. The number of carbonyl (C=O) groups excluding carboxylic acids is 1. The summed E-state index contributed by atoms with van der Waals surface area (Å²) in [5, 5.41) is 0. The van der Waals surface area contributed by atoms with Crippen LogP contribution in [0.25, 0.3) is 0 Å². The average Bonchev–Trinajstić information content (AvgIpc) is 2.53. The van der Waals surface area contributed by atoms with E-state index in [-0.39, 0.29) is 18.8 Å². The fourth-order valence-electron chi connectivity index (χ4n) is 2.06. The number of ether oxygens (including phenoxy) is 3. The van der Waals surface area contributed by atoms with Crippen LogP contribution in [-0.4, -0.2) is 25.8 Å². The molecule has 0 aliphatic carbocycles. The predicted molar refractivity (Wildman–Crippen MR) is 84.1 cm³/mol. The highest BCUT2D eigenvalue weighted by molar-refractivity contribution is 5.72. The molecular formula is C18H18F2O4. The second-order valence-corrected chi connectivity index (χ2v) is 5.21. The van der Waals surface area contributed by atoms with Gasteiger partial charge in [-0.05, 0) is 36.8 Å². The lowest BCUT2D eigenvalue weighted by molar-refractivity contribution is -0.148. The molecule has 1 unspecified atom stereocenters. The summed E-state index contributed by atoms with van der Waals surface area (Å²) in [4.78, 5) is 11.9. The zero-order valence-corrected chi connectivity index (χ0v) is 13.4. The van der Waals surface area contributed by atoms with E-state index in [1.807, 2.05) is 0 Å². The number of halogens is 2. The minimum Gasteiger partial charge on any atom is -0.494 e. The third kappa shape index (κ3) is 5.22. The van der Waals surface area contributed by atoms with Crippen LogP contribution in [0.3, 0.4) is 0 Å². The highest BCUT2D eigenvalue weighted by Crippen LogP contribution is 2.18. The average molecular weight is 336 g/mol. The van der Waals surface area contributed by atoms with Gasteiger partial charge in [0.1, 0.15) is 24.3 Å². The Balaban J connectivity index is 1.82. The molecule has 0 heterocycles. The first-order valence-corrected chi connectivity index (χ1v) is 7.38. The molecule has 4 nitrogen and oxygen atoms in total. The first kappa shape index (κ1) is 17.7. The molecule has 1 atom stereocenters. The lowest BCUT2D eigenvalue weighted by Gasteiger charge is -2.14. The minimum absolute atomic E-state index is 0.0643. The Kier molecular flexibility index (Phi) is 6.12. The summed E-state index contributed by atoms with van der Waals surface area (Å²) in [7, 11) is 1.37. The minimum atomic E-state index is -0.537. The SMILES string of the molecule is COc1ccc(CC(=O)OC(C)COc2cccc(F)c2)cc1F. The van der Waals surface area contributed by atoms with Gasteiger partial charge in [-0.1, -0.05) is 12.1 Å². The maximum Gasteiger partial charge on any atom is 0.310 e. The summed E-state index contributed by atoms with van der Waals surface area (Å²) in [6.07, 6.45) is -0.588. The first-order chi connectivity index (χ1) is 11.5. The van der Waals surface area contributed by atoms with Crippen LogP contribution in [-0.2, 0) is 16.0 Å². The van der Waals surface area contributed by atoms with Crippen molar-refractivity contribution in [2.24, 2.45) is 0 Å². The quantitative estimate of drug-likeness (QED) is 0.726. The van der Waals surface area contributed by atoms with Crippen LogP contribution in [0.2, 0.25) is 0 Å². The molecule has 0 N–H and O–H groups in total. The fourth-order valence-corrected chi connectivity index (χ4v) is 2.06. The van der Waals surface area contributed by atoms with E-state index in [9.17, 15) is 13.6 Å². The number of esters is 1. The normalized spacial score (nSPS) is 11.7. The second kappa shape index (κ2) is 8.29. The maximum atomic E-state index is 13.6. The largest absolute Gasteiger partial charge is 0.494 e. The van der Waals surface area contributed by atoms with Gasteiger partial charge in [0.25, 0.3) is 0 Å². The molecule has 0 saturated carbocycles. The lowest BCUT2D eigenvalue weighted by Crippen LogP contribution is -2.23. The van der Waals surface area contributed by atoms with E-state index >= 15 is 0 Å². The molecule has 0 spiro atoms. The zero-order chi connectivity index (χ0) is 17.5. The molecule has 24 heavy (non-hydrogen) atoms. The highest BCUT2D eigenvalue weighted by Gasteiger charge is 2.13. The summed E-state index contributed by atoms with van der Waals surface area (Å²) in [5.74, 6) is -0.974. The van der Waals surface area contributed by atoms with Crippen LogP contribution in [0.1, 0.15) is 12.5 Å². The second-order valence-electron chi connectivity index (χ2n) is 5.21. The molecule has 2 rings (SSSR count). The van der Waals surface area contributed by atoms with E-state index in [4.69, 9.17) is 14.2 Å². The van der Waals surface area contributed by atoms with Crippen molar-refractivity contribution in [2.75, 3.05) is 13.7 Å². The van der Waals surface area contributed by atoms with E-state index in [0.717, 1.165) is 0 Å². The van der Waals surface area contributed by atoms with Crippen molar-refractivity contribution in [3.8, 4) is 11.5 Å². The third-order valence-electron chi connectivity index (χ3n) is 3.18. The Labute approximate surface area is 139 Å². The Morgan fingerprint density at radius 1 is 1.17 bits per heavy atom. The van der Waals surface area contributed by atoms with Crippen LogP contribution in [0.5, 0.6) is 11.5 Å². The van der Waals surface area contributed by atoms with Gasteiger partial charge < -0.3 is 14.2 Å². The van der Waals surface area contributed by atoms with Crippen LogP contribution < -0.4 is 9.47 Å². The van der Waals surface area contributed by atoms with E-state index in [1.54, 1.807) is 19.1 Å². The Morgan fingerprint density at radius 2 is 1.96 bits per heavy atom. The summed E-state index contributed by atoms with van der Waals surface area (Å²) in [6.45, 7) is 1.75. The van der Waals surface area contributed by atoms with Crippen molar-refractivity contribution >= 4 is 5.97 Å². The molecule has 0 bridgehead atoms. The Bertz CT molecular complexity index is 703. The van der Waals surface area contributed by atoms with Gasteiger partial charge in [-0.3, -0.25) is 4.79 Å². The van der Waals surface area contributed by atoms with Crippen molar-refractivity contribution in [3.05, 3.63) is 59.7 Å². The Morgan fingerprint density at radius 3 is 2.62 bits per heavy atom. The molecule has 128 valence electrons. The molecular weight excluding hydrogens is 318 g/mol. The summed E-state index contributed by atoms with van der Waals surface area (Å²) in [5.41, 5.74) is 0.483. The van der Waals surface area contributed by atoms with E-state index < -0.39 is 23.7 Å². The number of rotatable bonds is 7. The van der Waals surface area contributed by atoms with Crippen LogP contribution in [0.15, 0.2) is 42.5 Å². The first-order valence-electron chi connectivity index (χ1n) is 7.38. The maximum absolute atomic E-state index is 13.6. The van der Waals surface area contributed by atoms with Crippen molar-refractivity contribution in [1.82, 2.24) is 0 Å². The third-order valence-corrected chi connectivity index (χ3v) is 3.18. The number of methoxy groups -OCH3 is 1. The molecule has 2 aromatic rings. The van der Waals surface area contributed by atoms with Crippen LogP contribution in [0.4, 0.5) is 8.78 Å². The highest BCUT2D eigenvalue weighted by atomic mass is 19.1.